The molecule has 3 rings (SSSR count). The van der Waals surface area contributed by atoms with Crippen LogP contribution in [-0.4, -0.2) is 51.7 Å². The molecule has 2 aromatic rings. The van der Waals surface area contributed by atoms with Crippen molar-refractivity contribution in [2.75, 3.05) is 50.1 Å². The maximum atomic E-state index is 12.3. The smallest absolute Gasteiger partial charge is 0.337 e. The summed E-state index contributed by atoms with van der Waals surface area (Å²) in [6.07, 6.45) is 0. The highest BCUT2D eigenvalue weighted by Crippen LogP contribution is 2.19. The first-order valence-corrected chi connectivity index (χ1v) is 9.25. The Labute approximate surface area is 163 Å². The average Bonchev–Trinajstić information content (AvgIpc) is 2.68. The number of hydrogen-bond acceptors (Lipinski definition) is 4. The molecule has 0 spiro atoms. The third-order valence-electron chi connectivity index (χ3n) is 4.64. The Morgan fingerprint density at radius 2 is 1.85 bits per heavy atom. The lowest BCUT2D eigenvalue weighted by Crippen LogP contribution is -3.15. The largest absolute Gasteiger partial charge is 0.465 e. The van der Waals surface area contributed by atoms with Crippen LogP contribution in [0.15, 0.2) is 48.5 Å². The Bertz CT molecular complexity index is 802. The molecule has 0 radical (unpaired) electrons. The maximum absolute atomic E-state index is 12.3. The first kappa shape index (κ1) is 19.2. The van der Waals surface area contributed by atoms with E-state index < -0.39 is 5.97 Å². The van der Waals surface area contributed by atoms with Crippen LogP contribution in [0.5, 0.6) is 0 Å². The van der Waals surface area contributed by atoms with Gasteiger partial charge >= 0.3 is 5.97 Å². The molecule has 2 aromatic carbocycles. The molecular formula is C20H23ClN3O3+. The Hall–Kier alpha value is -2.57. The van der Waals surface area contributed by atoms with Gasteiger partial charge in [0.05, 0.1) is 38.9 Å². The number of ether oxygens (including phenoxy) is 1. The van der Waals surface area contributed by atoms with Gasteiger partial charge in [0.25, 0.3) is 5.91 Å². The fourth-order valence-corrected chi connectivity index (χ4v) is 3.36. The number of esters is 1. The molecule has 27 heavy (non-hydrogen) atoms. The highest BCUT2D eigenvalue weighted by Gasteiger charge is 2.22. The van der Waals surface area contributed by atoms with Crippen molar-refractivity contribution in [1.82, 2.24) is 0 Å². The zero-order valence-corrected chi connectivity index (χ0v) is 16.0. The Morgan fingerprint density at radius 3 is 2.48 bits per heavy atom. The summed E-state index contributed by atoms with van der Waals surface area (Å²) < 4.78 is 4.66. The third-order valence-corrected chi connectivity index (χ3v) is 4.88. The minimum absolute atomic E-state index is 0.0352. The van der Waals surface area contributed by atoms with Crippen LogP contribution in [-0.2, 0) is 9.53 Å². The first-order valence-electron chi connectivity index (χ1n) is 8.87. The quantitative estimate of drug-likeness (QED) is 0.761. The van der Waals surface area contributed by atoms with E-state index in [9.17, 15) is 9.59 Å². The van der Waals surface area contributed by atoms with Crippen molar-refractivity contribution in [3.63, 3.8) is 0 Å². The van der Waals surface area contributed by atoms with Crippen LogP contribution in [0.4, 0.5) is 11.4 Å². The van der Waals surface area contributed by atoms with Gasteiger partial charge in [-0.2, -0.15) is 0 Å². The molecular weight excluding hydrogens is 366 g/mol. The van der Waals surface area contributed by atoms with Crippen LogP contribution in [0, 0.1) is 0 Å². The van der Waals surface area contributed by atoms with Crippen LogP contribution in [0.2, 0.25) is 5.02 Å². The van der Waals surface area contributed by atoms with Gasteiger partial charge in [-0.05, 0) is 42.5 Å². The molecule has 0 atom stereocenters. The van der Waals surface area contributed by atoms with Crippen molar-refractivity contribution >= 4 is 34.9 Å². The first-order chi connectivity index (χ1) is 13.0. The highest BCUT2D eigenvalue weighted by molar-refractivity contribution is 6.30. The Balaban J connectivity index is 1.47. The van der Waals surface area contributed by atoms with Gasteiger partial charge in [0.15, 0.2) is 6.54 Å². The number of methoxy groups -OCH3 is 1. The second-order valence-electron chi connectivity index (χ2n) is 6.51. The van der Waals surface area contributed by atoms with Crippen LogP contribution in [0.25, 0.3) is 0 Å². The number of quaternary nitrogens is 1. The predicted molar refractivity (Wildman–Crippen MR) is 106 cm³/mol. The normalized spacial score (nSPS) is 14.7. The molecule has 1 aliphatic rings. The third kappa shape index (κ3) is 5.21. The topological polar surface area (TPSA) is 63.1 Å². The number of nitrogens with zero attached hydrogens (tertiary/aromatic N) is 1. The van der Waals surface area contributed by atoms with E-state index in [-0.39, 0.29) is 5.91 Å². The van der Waals surface area contributed by atoms with Gasteiger partial charge in [-0.1, -0.05) is 17.7 Å². The number of carbonyl (C=O) groups excluding carboxylic acids is 2. The molecule has 142 valence electrons. The lowest BCUT2D eigenvalue weighted by Gasteiger charge is -2.33. The van der Waals surface area contributed by atoms with Gasteiger partial charge in [0.1, 0.15) is 0 Å². The monoisotopic (exact) mass is 388 g/mol. The van der Waals surface area contributed by atoms with Crippen molar-refractivity contribution < 1.29 is 19.2 Å². The van der Waals surface area contributed by atoms with Gasteiger partial charge in [-0.25, -0.2) is 4.79 Å². The van der Waals surface area contributed by atoms with Crippen LogP contribution >= 0.6 is 11.6 Å². The van der Waals surface area contributed by atoms with Crippen molar-refractivity contribution in [2.45, 2.75) is 0 Å². The van der Waals surface area contributed by atoms with Crippen LogP contribution < -0.4 is 15.1 Å². The molecule has 0 bridgehead atoms. The summed E-state index contributed by atoms with van der Waals surface area (Å²) >= 11 is 6.06. The number of halogens is 1. The van der Waals surface area contributed by atoms with Gasteiger partial charge in [0.2, 0.25) is 0 Å². The molecule has 1 amide bonds. The Kier molecular flexibility index (Phi) is 6.32. The zero-order chi connectivity index (χ0) is 19.2. The van der Waals surface area contributed by atoms with Crippen molar-refractivity contribution in [2.24, 2.45) is 0 Å². The number of piperazine rings is 1. The molecule has 1 saturated heterocycles. The van der Waals surface area contributed by atoms with E-state index >= 15 is 0 Å². The van der Waals surface area contributed by atoms with Crippen molar-refractivity contribution in [3.8, 4) is 0 Å². The van der Waals surface area contributed by atoms with E-state index in [1.165, 1.54) is 12.0 Å². The summed E-state index contributed by atoms with van der Waals surface area (Å²) in [5.74, 6) is -0.429. The molecule has 0 aliphatic carbocycles. The summed E-state index contributed by atoms with van der Waals surface area (Å²) in [6.45, 7) is 3.97. The maximum Gasteiger partial charge on any atom is 0.337 e. The van der Waals surface area contributed by atoms with E-state index in [4.69, 9.17) is 11.6 Å². The number of rotatable bonds is 5. The van der Waals surface area contributed by atoms with Gasteiger partial charge in [-0.3, -0.25) is 4.79 Å². The summed E-state index contributed by atoms with van der Waals surface area (Å²) in [4.78, 5) is 27.3. The molecule has 1 aliphatic heterocycles. The van der Waals surface area contributed by atoms with E-state index in [2.05, 4.69) is 21.0 Å². The second-order valence-corrected chi connectivity index (χ2v) is 6.95. The fourth-order valence-electron chi connectivity index (χ4n) is 3.17. The molecule has 1 fully saturated rings. The lowest BCUT2D eigenvalue weighted by molar-refractivity contribution is -0.892. The second kappa shape index (κ2) is 8.88. The van der Waals surface area contributed by atoms with E-state index in [0.717, 1.165) is 36.9 Å². The van der Waals surface area contributed by atoms with E-state index in [1.807, 2.05) is 18.2 Å². The predicted octanol–water partition coefficient (Wildman–Crippen LogP) is 1.47. The zero-order valence-electron chi connectivity index (χ0n) is 15.2. The van der Waals surface area contributed by atoms with Gasteiger partial charge in [0, 0.05) is 16.4 Å². The standard InChI is InChI=1S/C20H22ClN3O3/c1-27-20(26)15-5-7-17(8-6-15)22-19(25)14-23-9-11-24(12-10-23)18-4-2-3-16(21)13-18/h2-8,13H,9-12,14H2,1H3,(H,22,25)/p+1. The lowest BCUT2D eigenvalue weighted by atomic mass is 10.2. The van der Waals surface area contributed by atoms with Gasteiger partial charge < -0.3 is 19.9 Å². The minimum Gasteiger partial charge on any atom is -0.465 e. The van der Waals surface area contributed by atoms with Gasteiger partial charge in [-0.15, -0.1) is 0 Å². The number of carbonyl (C=O) groups is 2. The summed E-state index contributed by atoms with van der Waals surface area (Å²) in [6, 6.07) is 14.5. The number of amides is 1. The fraction of sp³-hybridized carbons (Fsp3) is 0.300. The van der Waals surface area contributed by atoms with Crippen LogP contribution in [0.3, 0.4) is 0 Å². The summed E-state index contributed by atoms with van der Waals surface area (Å²) in [5.41, 5.74) is 2.25. The molecule has 2 N–H and O–H groups in total. The van der Waals surface area contributed by atoms with E-state index in [1.54, 1.807) is 24.3 Å². The molecule has 0 saturated carbocycles. The number of nitrogens with one attached hydrogen (secondary N) is 2. The molecule has 0 unspecified atom stereocenters. The molecule has 1 heterocycles. The number of hydrogen-bond donors (Lipinski definition) is 2. The molecule has 0 aromatic heterocycles. The van der Waals surface area contributed by atoms with E-state index in [0.29, 0.717) is 17.8 Å². The molecule has 6 nitrogen and oxygen atoms in total. The number of anilines is 2. The summed E-state index contributed by atoms with van der Waals surface area (Å²) in [5, 5.41) is 3.62. The van der Waals surface area contributed by atoms with Crippen molar-refractivity contribution in [3.05, 3.63) is 59.1 Å². The highest BCUT2D eigenvalue weighted by atomic mass is 35.5. The Morgan fingerprint density at radius 1 is 1.15 bits per heavy atom. The summed E-state index contributed by atoms with van der Waals surface area (Å²) in [7, 11) is 1.34. The number of benzene rings is 2. The van der Waals surface area contributed by atoms with Crippen molar-refractivity contribution in [1.29, 1.82) is 0 Å². The minimum atomic E-state index is -0.394. The average molecular weight is 389 g/mol. The SMILES string of the molecule is COC(=O)c1ccc(NC(=O)C[NH+]2CCN(c3cccc(Cl)c3)CC2)cc1. The van der Waals surface area contributed by atoms with Crippen LogP contribution in [0.1, 0.15) is 10.4 Å². The molecule has 7 heteroatoms.